The Balaban J connectivity index is 2.40. The van der Waals surface area contributed by atoms with Crippen LogP contribution in [0.5, 0.6) is 0 Å². The minimum absolute atomic E-state index is 0.0749. The second kappa shape index (κ2) is 9.05. The first-order valence-corrected chi connectivity index (χ1v) is 8.80. The van der Waals surface area contributed by atoms with Crippen molar-refractivity contribution in [3.63, 3.8) is 0 Å². The smallest absolute Gasteiger partial charge is 0.211 e. The Morgan fingerprint density at radius 3 is 2.75 bits per heavy atom. The molecule has 0 aliphatic rings. The molecule has 6 heteroatoms. The maximum absolute atomic E-state index is 11.9. The van der Waals surface area contributed by atoms with Crippen LogP contribution in [0.1, 0.15) is 31.9 Å². The minimum atomic E-state index is -3.24. The van der Waals surface area contributed by atoms with Gasteiger partial charge in [0.25, 0.3) is 0 Å². The predicted molar refractivity (Wildman–Crippen MR) is 81.8 cm³/mol. The standard InChI is InChI=1S/C14H25N3O2S/c1-2-5-13(7-9-15)12-17-20(18,19)11-8-14-6-3-4-10-16-14/h3-4,6,10,13,17H,2,5,7-9,11-12,15H2,1H3. The van der Waals surface area contributed by atoms with Crippen molar-refractivity contribution in [3.8, 4) is 0 Å². The highest BCUT2D eigenvalue weighted by atomic mass is 32.2. The van der Waals surface area contributed by atoms with Gasteiger partial charge in [-0.3, -0.25) is 4.98 Å². The van der Waals surface area contributed by atoms with Gasteiger partial charge in [0.05, 0.1) is 5.75 Å². The predicted octanol–water partition coefficient (Wildman–Crippen LogP) is 1.31. The van der Waals surface area contributed by atoms with Crippen molar-refractivity contribution in [2.45, 2.75) is 32.6 Å². The van der Waals surface area contributed by atoms with Crippen LogP contribution in [0.3, 0.4) is 0 Å². The number of aryl methyl sites for hydroxylation is 1. The number of rotatable bonds is 10. The van der Waals surface area contributed by atoms with Crippen LogP contribution in [-0.4, -0.2) is 32.2 Å². The molecular formula is C14H25N3O2S. The van der Waals surface area contributed by atoms with Gasteiger partial charge in [0.1, 0.15) is 0 Å². The van der Waals surface area contributed by atoms with E-state index in [9.17, 15) is 8.42 Å². The molecule has 0 aromatic carbocycles. The molecule has 0 aliphatic heterocycles. The summed E-state index contributed by atoms with van der Waals surface area (Å²) in [5, 5.41) is 0. The molecule has 0 bridgehead atoms. The molecule has 1 unspecified atom stereocenters. The summed E-state index contributed by atoms with van der Waals surface area (Å²) in [6.07, 6.45) is 5.01. The van der Waals surface area contributed by atoms with Gasteiger partial charge < -0.3 is 5.73 Å². The molecular weight excluding hydrogens is 274 g/mol. The van der Waals surface area contributed by atoms with Crippen molar-refractivity contribution < 1.29 is 8.42 Å². The molecule has 3 N–H and O–H groups in total. The van der Waals surface area contributed by atoms with E-state index in [-0.39, 0.29) is 5.75 Å². The second-order valence-corrected chi connectivity index (χ2v) is 6.90. The van der Waals surface area contributed by atoms with Crippen LogP contribution >= 0.6 is 0 Å². The van der Waals surface area contributed by atoms with Gasteiger partial charge in [0, 0.05) is 24.9 Å². The molecule has 0 saturated heterocycles. The van der Waals surface area contributed by atoms with Gasteiger partial charge in [-0.05, 0) is 37.4 Å². The maximum Gasteiger partial charge on any atom is 0.211 e. The van der Waals surface area contributed by atoms with Gasteiger partial charge >= 0.3 is 0 Å². The van der Waals surface area contributed by atoms with Crippen LogP contribution in [0.15, 0.2) is 24.4 Å². The van der Waals surface area contributed by atoms with E-state index in [2.05, 4.69) is 16.6 Å². The molecule has 1 aromatic rings. The number of nitrogens with one attached hydrogen (secondary N) is 1. The Bertz CT molecular complexity index is 457. The van der Waals surface area contributed by atoms with Crippen LogP contribution < -0.4 is 10.5 Å². The summed E-state index contributed by atoms with van der Waals surface area (Å²) in [6.45, 7) is 3.18. The van der Waals surface area contributed by atoms with E-state index in [1.807, 2.05) is 18.2 Å². The molecule has 1 aromatic heterocycles. The quantitative estimate of drug-likeness (QED) is 0.682. The fourth-order valence-electron chi connectivity index (χ4n) is 2.09. The fraction of sp³-hybridized carbons (Fsp3) is 0.643. The van der Waals surface area contributed by atoms with Crippen molar-refractivity contribution >= 4 is 10.0 Å². The number of nitrogens with zero attached hydrogens (tertiary/aromatic N) is 1. The van der Waals surface area contributed by atoms with Crippen molar-refractivity contribution in [1.29, 1.82) is 0 Å². The first kappa shape index (κ1) is 17.1. The molecule has 0 amide bonds. The molecule has 20 heavy (non-hydrogen) atoms. The molecule has 0 aliphatic carbocycles. The maximum atomic E-state index is 11.9. The Kier molecular flexibility index (Phi) is 7.72. The minimum Gasteiger partial charge on any atom is -0.330 e. The van der Waals surface area contributed by atoms with Crippen molar-refractivity contribution in [2.24, 2.45) is 11.7 Å². The van der Waals surface area contributed by atoms with Gasteiger partial charge in [-0.25, -0.2) is 13.1 Å². The summed E-state index contributed by atoms with van der Waals surface area (Å²) < 4.78 is 26.6. The Hall–Kier alpha value is -0.980. The Morgan fingerprint density at radius 2 is 2.15 bits per heavy atom. The molecule has 0 saturated carbocycles. The van der Waals surface area contributed by atoms with Gasteiger partial charge in [-0.2, -0.15) is 0 Å². The summed E-state index contributed by atoms with van der Waals surface area (Å²) in [7, 11) is -3.24. The summed E-state index contributed by atoms with van der Waals surface area (Å²) in [4.78, 5) is 4.13. The molecule has 1 rings (SSSR count). The average Bonchev–Trinajstić information content (AvgIpc) is 2.45. The van der Waals surface area contributed by atoms with E-state index < -0.39 is 10.0 Å². The summed E-state index contributed by atoms with van der Waals surface area (Å²) in [5.41, 5.74) is 6.34. The van der Waals surface area contributed by atoms with Gasteiger partial charge in [0.2, 0.25) is 10.0 Å². The monoisotopic (exact) mass is 299 g/mol. The van der Waals surface area contributed by atoms with Crippen LogP contribution in [0.25, 0.3) is 0 Å². The van der Waals surface area contributed by atoms with Crippen LogP contribution in [-0.2, 0) is 16.4 Å². The molecule has 0 fully saturated rings. The van der Waals surface area contributed by atoms with Crippen LogP contribution in [0.4, 0.5) is 0 Å². The van der Waals surface area contributed by atoms with Crippen molar-refractivity contribution in [1.82, 2.24) is 9.71 Å². The lowest BCUT2D eigenvalue weighted by Gasteiger charge is -2.16. The lowest BCUT2D eigenvalue weighted by molar-refractivity contribution is 0.443. The molecule has 1 atom stereocenters. The van der Waals surface area contributed by atoms with Crippen LogP contribution in [0, 0.1) is 5.92 Å². The van der Waals surface area contributed by atoms with Gasteiger partial charge in [-0.15, -0.1) is 0 Å². The highest BCUT2D eigenvalue weighted by Gasteiger charge is 2.14. The lowest BCUT2D eigenvalue weighted by Crippen LogP contribution is -2.32. The second-order valence-electron chi connectivity index (χ2n) is 4.97. The summed E-state index contributed by atoms with van der Waals surface area (Å²) in [6, 6.07) is 5.52. The third-order valence-corrected chi connectivity index (χ3v) is 4.56. The number of aromatic nitrogens is 1. The fourth-order valence-corrected chi connectivity index (χ4v) is 3.21. The largest absolute Gasteiger partial charge is 0.330 e. The van der Waals surface area contributed by atoms with E-state index in [0.29, 0.717) is 25.4 Å². The molecule has 0 spiro atoms. The zero-order valence-electron chi connectivity index (χ0n) is 12.1. The zero-order valence-corrected chi connectivity index (χ0v) is 12.9. The lowest BCUT2D eigenvalue weighted by atomic mass is 10.0. The van der Waals surface area contributed by atoms with E-state index in [4.69, 9.17) is 5.73 Å². The first-order valence-electron chi connectivity index (χ1n) is 7.14. The number of sulfonamides is 1. The normalized spacial score (nSPS) is 13.3. The van der Waals surface area contributed by atoms with Crippen molar-refractivity contribution in [2.75, 3.05) is 18.8 Å². The summed E-state index contributed by atoms with van der Waals surface area (Å²) in [5.74, 6) is 0.403. The van der Waals surface area contributed by atoms with Gasteiger partial charge in [-0.1, -0.05) is 19.4 Å². The molecule has 0 radical (unpaired) electrons. The van der Waals surface area contributed by atoms with E-state index in [0.717, 1.165) is 25.0 Å². The third-order valence-electron chi connectivity index (χ3n) is 3.22. The van der Waals surface area contributed by atoms with E-state index >= 15 is 0 Å². The van der Waals surface area contributed by atoms with Crippen LogP contribution in [0.2, 0.25) is 0 Å². The highest BCUT2D eigenvalue weighted by Crippen LogP contribution is 2.09. The Morgan fingerprint density at radius 1 is 1.35 bits per heavy atom. The summed E-state index contributed by atoms with van der Waals surface area (Å²) >= 11 is 0. The average molecular weight is 299 g/mol. The molecule has 114 valence electrons. The number of hydrogen-bond donors (Lipinski definition) is 2. The Labute approximate surface area is 122 Å². The third kappa shape index (κ3) is 6.98. The number of hydrogen-bond acceptors (Lipinski definition) is 4. The van der Waals surface area contributed by atoms with Gasteiger partial charge in [0.15, 0.2) is 0 Å². The molecule has 1 heterocycles. The van der Waals surface area contributed by atoms with Crippen molar-refractivity contribution in [3.05, 3.63) is 30.1 Å². The number of pyridine rings is 1. The number of nitrogens with two attached hydrogens (primary N) is 1. The van der Waals surface area contributed by atoms with E-state index in [1.165, 1.54) is 0 Å². The first-order chi connectivity index (χ1) is 9.57. The highest BCUT2D eigenvalue weighted by molar-refractivity contribution is 7.89. The van der Waals surface area contributed by atoms with E-state index in [1.54, 1.807) is 6.20 Å². The molecule has 5 nitrogen and oxygen atoms in total. The zero-order chi connectivity index (χ0) is 14.8. The topological polar surface area (TPSA) is 85.1 Å². The SMILES string of the molecule is CCCC(CCN)CNS(=O)(=O)CCc1ccccn1.